The van der Waals surface area contributed by atoms with Crippen LogP contribution in [0.2, 0.25) is 0 Å². The fraction of sp³-hybridized carbons (Fsp3) is 0.143. The van der Waals surface area contributed by atoms with Crippen molar-refractivity contribution in [3.8, 4) is 0 Å². The van der Waals surface area contributed by atoms with Crippen LogP contribution in [-0.4, -0.2) is 16.5 Å². The average Bonchev–Trinajstić information content (AvgIpc) is 2.85. The van der Waals surface area contributed by atoms with Gasteiger partial charge in [-0.3, -0.25) is 9.97 Å². The second-order valence-corrected chi connectivity index (χ2v) is 4.11. The van der Waals surface area contributed by atoms with Crippen LogP contribution in [0.4, 0.5) is 0 Å². The first-order valence-corrected chi connectivity index (χ1v) is 5.82. The van der Waals surface area contributed by atoms with Crippen LogP contribution in [0.5, 0.6) is 0 Å². The summed E-state index contributed by atoms with van der Waals surface area (Å²) in [6.07, 6.45) is 6.85. The maximum absolute atomic E-state index is 5.88. The summed E-state index contributed by atoms with van der Waals surface area (Å²) in [5.74, 6) is 0.0161. The molecule has 0 aliphatic carbocycles. The molecule has 2 aromatic heterocycles. The quantitative estimate of drug-likeness (QED) is 0.761. The Kier molecular flexibility index (Phi) is 2.78. The highest BCUT2D eigenvalue weighted by molar-refractivity contribution is 5.81. The van der Waals surface area contributed by atoms with E-state index in [0.29, 0.717) is 6.54 Å². The average molecular weight is 239 g/mol. The first-order chi connectivity index (χ1) is 8.90. The zero-order valence-corrected chi connectivity index (χ0v) is 9.78. The van der Waals surface area contributed by atoms with Crippen LogP contribution >= 0.6 is 0 Å². The number of hydrogen-bond donors (Lipinski definition) is 1. The van der Waals surface area contributed by atoms with E-state index in [2.05, 4.69) is 9.97 Å². The van der Waals surface area contributed by atoms with Gasteiger partial charge in [-0.1, -0.05) is 18.2 Å². The zero-order valence-electron chi connectivity index (χ0n) is 9.78. The number of benzene rings is 1. The number of nitrogens with zero attached hydrogens (tertiary/aromatic N) is 2. The van der Waals surface area contributed by atoms with Gasteiger partial charge in [0.25, 0.3) is 0 Å². The molecule has 3 aromatic rings. The van der Waals surface area contributed by atoms with Crippen molar-refractivity contribution in [2.45, 2.75) is 5.92 Å². The third kappa shape index (κ3) is 1.76. The summed E-state index contributed by atoms with van der Waals surface area (Å²) < 4.78 is 5.55. The van der Waals surface area contributed by atoms with Crippen molar-refractivity contribution in [1.29, 1.82) is 0 Å². The molecular weight excluding hydrogens is 226 g/mol. The van der Waals surface area contributed by atoms with E-state index < -0.39 is 0 Å². The topological polar surface area (TPSA) is 64.9 Å². The van der Waals surface area contributed by atoms with Crippen LogP contribution in [-0.2, 0) is 0 Å². The van der Waals surface area contributed by atoms with Gasteiger partial charge in [0.15, 0.2) is 0 Å². The van der Waals surface area contributed by atoms with Crippen molar-refractivity contribution >= 4 is 11.0 Å². The summed E-state index contributed by atoms with van der Waals surface area (Å²) in [5, 5.41) is 1.08. The molecule has 1 aromatic carbocycles. The van der Waals surface area contributed by atoms with Gasteiger partial charge in [-0.2, -0.15) is 0 Å². The molecule has 4 heteroatoms. The molecule has 0 aliphatic rings. The predicted molar refractivity (Wildman–Crippen MR) is 69.1 cm³/mol. The maximum Gasteiger partial charge on any atom is 0.134 e. The van der Waals surface area contributed by atoms with Crippen molar-refractivity contribution in [2.75, 3.05) is 6.54 Å². The van der Waals surface area contributed by atoms with Gasteiger partial charge in [-0.05, 0) is 6.07 Å². The Bertz CT molecular complexity index is 648. The van der Waals surface area contributed by atoms with Gasteiger partial charge in [0.2, 0.25) is 0 Å². The predicted octanol–water partition coefficient (Wildman–Crippen LogP) is 2.31. The summed E-state index contributed by atoms with van der Waals surface area (Å²) in [4.78, 5) is 8.42. The molecule has 0 saturated carbocycles. The van der Waals surface area contributed by atoms with Gasteiger partial charge in [0, 0.05) is 42.0 Å². The summed E-state index contributed by atoms with van der Waals surface area (Å²) in [6.45, 7) is 0.474. The number of hydrogen-bond acceptors (Lipinski definition) is 4. The second-order valence-electron chi connectivity index (χ2n) is 4.11. The summed E-state index contributed by atoms with van der Waals surface area (Å²) in [7, 11) is 0. The minimum Gasteiger partial charge on any atom is -0.464 e. The number of aromatic nitrogens is 2. The molecule has 0 fully saturated rings. The molecular formula is C14H13N3O. The molecule has 0 bridgehead atoms. The van der Waals surface area contributed by atoms with Crippen LogP contribution < -0.4 is 5.73 Å². The molecule has 0 aliphatic heterocycles. The summed E-state index contributed by atoms with van der Waals surface area (Å²) in [6, 6.07) is 7.93. The van der Waals surface area contributed by atoms with Crippen LogP contribution in [0.1, 0.15) is 17.2 Å². The highest BCUT2D eigenvalue weighted by Gasteiger charge is 2.18. The lowest BCUT2D eigenvalue weighted by atomic mass is 9.95. The Morgan fingerprint density at radius 3 is 2.89 bits per heavy atom. The molecule has 4 nitrogen and oxygen atoms in total. The van der Waals surface area contributed by atoms with Crippen molar-refractivity contribution < 1.29 is 4.42 Å². The minimum absolute atomic E-state index is 0.0161. The molecule has 0 amide bonds. The van der Waals surface area contributed by atoms with E-state index in [-0.39, 0.29) is 5.92 Å². The summed E-state index contributed by atoms with van der Waals surface area (Å²) >= 11 is 0. The molecule has 0 radical (unpaired) electrons. The van der Waals surface area contributed by atoms with E-state index in [4.69, 9.17) is 10.2 Å². The third-order valence-corrected chi connectivity index (χ3v) is 3.06. The van der Waals surface area contributed by atoms with E-state index in [9.17, 15) is 0 Å². The highest BCUT2D eigenvalue weighted by Crippen LogP contribution is 2.30. The molecule has 0 spiro atoms. The number of fused-ring (bicyclic) bond motifs is 1. The van der Waals surface area contributed by atoms with Crippen LogP contribution in [0.3, 0.4) is 0 Å². The molecule has 2 N–H and O–H groups in total. The van der Waals surface area contributed by atoms with E-state index in [0.717, 1.165) is 22.2 Å². The normalized spacial score (nSPS) is 12.7. The van der Waals surface area contributed by atoms with Crippen LogP contribution in [0, 0.1) is 0 Å². The molecule has 90 valence electrons. The third-order valence-electron chi connectivity index (χ3n) is 3.06. The van der Waals surface area contributed by atoms with Crippen molar-refractivity contribution in [3.63, 3.8) is 0 Å². The SMILES string of the molecule is NCC(c1cnccn1)c1coc2ccccc12. The Morgan fingerprint density at radius 2 is 2.11 bits per heavy atom. The van der Waals surface area contributed by atoms with Gasteiger partial charge in [0.1, 0.15) is 5.58 Å². The Hall–Kier alpha value is -2.20. The highest BCUT2D eigenvalue weighted by atomic mass is 16.3. The lowest BCUT2D eigenvalue weighted by Crippen LogP contribution is -2.14. The Labute approximate surface area is 104 Å². The van der Waals surface area contributed by atoms with Crippen molar-refractivity contribution in [3.05, 3.63) is 60.4 Å². The van der Waals surface area contributed by atoms with Gasteiger partial charge < -0.3 is 10.2 Å². The second kappa shape index (κ2) is 4.58. The smallest absolute Gasteiger partial charge is 0.134 e. The monoisotopic (exact) mass is 239 g/mol. The zero-order chi connectivity index (χ0) is 12.4. The standard InChI is InChI=1S/C14H13N3O/c15-7-11(13-8-16-5-6-17-13)12-9-18-14-4-2-1-3-10(12)14/h1-6,8-9,11H,7,15H2. The van der Waals surface area contributed by atoms with E-state index in [1.54, 1.807) is 24.9 Å². The number of para-hydroxylation sites is 1. The fourth-order valence-corrected chi connectivity index (χ4v) is 2.17. The van der Waals surface area contributed by atoms with E-state index in [1.165, 1.54) is 0 Å². The summed E-state index contributed by atoms with van der Waals surface area (Å²) in [5.41, 5.74) is 8.68. The number of furan rings is 1. The van der Waals surface area contributed by atoms with E-state index >= 15 is 0 Å². The van der Waals surface area contributed by atoms with Crippen molar-refractivity contribution in [1.82, 2.24) is 9.97 Å². The van der Waals surface area contributed by atoms with Gasteiger partial charge in [0.05, 0.1) is 12.0 Å². The Balaban J connectivity index is 2.12. The first kappa shape index (κ1) is 10.9. The first-order valence-electron chi connectivity index (χ1n) is 5.82. The minimum atomic E-state index is 0.0161. The molecule has 1 atom stereocenters. The molecule has 3 rings (SSSR count). The van der Waals surface area contributed by atoms with Gasteiger partial charge in [-0.25, -0.2) is 0 Å². The van der Waals surface area contributed by atoms with E-state index in [1.807, 2.05) is 24.3 Å². The molecule has 1 unspecified atom stereocenters. The lowest BCUT2D eigenvalue weighted by molar-refractivity contribution is 0.605. The largest absolute Gasteiger partial charge is 0.464 e. The maximum atomic E-state index is 5.88. The Morgan fingerprint density at radius 1 is 1.22 bits per heavy atom. The van der Waals surface area contributed by atoms with Crippen molar-refractivity contribution in [2.24, 2.45) is 5.73 Å². The molecule has 0 saturated heterocycles. The van der Waals surface area contributed by atoms with Crippen LogP contribution in [0.25, 0.3) is 11.0 Å². The number of nitrogens with two attached hydrogens (primary N) is 1. The van der Waals surface area contributed by atoms with Gasteiger partial charge in [-0.15, -0.1) is 0 Å². The molecule has 18 heavy (non-hydrogen) atoms. The fourth-order valence-electron chi connectivity index (χ4n) is 2.17. The molecule has 2 heterocycles. The number of rotatable bonds is 3. The lowest BCUT2D eigenvalue weighted by Gasteiger charge is -2.12. The van der Waals surface area contributed by atoms with Gasteiger partial charge >= 0.3 is 0 Å². The van der Waals surface area contributed by atoms with Crippen LogP contribution in [0.15, 0.2) is 53.5 Å².